The molecule has 3 nitrogen and oxygen atoms in total. The van der Waals surface area contributed by atoms with Crippen molar-refractivity contribution in [2.45, 2.75) is 6.42 Å². The SMILES string of the molecule is N=C1SCCN1CCc1ccccc1N. The van der Waals surface area contributed by atoms with Crippen LogP contribution in [0.15, 0.2) is 24.3 Å². The number of nitrogen functional groups attached to an aromatic ring is 1. The molecule has 0 atom stereocenters. The van der Waals surface area contributed by atoms with Crippen LogP contribution >= 0.6 is 11.8 Å². The number of amidine groups is 1. The Morgan fingerprint density at radius 3 is 2.87 bits per heavy atom. The maximum absolute atomic E-state index is 7.68. The summed E-state index contributed by atoms with van der Waals surface area (Å²) in [5.41, 5.74) is 7.90. The van der Waals surface area contributed by atoms with E-state index in [1.165, 1.54) is 5.56 Å². The molecule has 1 aliphatic heterocycles. The summed E-state index contributed by atoms with van der Waals surface area (Å²) in [6, 6.07) is 7.95. The number of nitrogens with zero attached hydrogens (tertiary/aromatic N) is 1. The molecule has 3 N–H and O–H groups in total. The van der Waals surface area contributed by atoms with Gasteiger partial charge in [-0.1, -0.05) is 30.0 Å². The van der Waals surface area contributed by atoms with E-state index in [4.69, 9.17) is 11.1 Å². The van der Waals surface area contributed by atoms with Gasteiger partial charge in [0.1, 0.15) is 0 Å². The molecule has 0 spiro atoms. The molecule has 4 heteroatoms. The Labute approximate surface area is 94.2 Å². The van der Waals surface area contributed by atoms with Crippen molar-refractivity contribution >= 4 is 22.6 Å². The Balaban J connectivity index is 1.93. The van der Waals surface area contributed by atoms with E-state index in [0.29, 0.717) is 5.17 Å². The van der Waals surface area contributed by atoms with Gasteiger partial charge in [-0.3, -0.25) is 5.41 Å². The van der Waals surface area contributed by atoms with Crippen LogP contribution in [0.25, 0.3) is 0 Å². The van der Waals surface area contributed by atoms with E-state index in [0.717, 1.165) is 31.0 Å². The number of rotatable bonds is 3. The van der Waals surface area contributed by atoms with E-state index in [2.05, 4.69) is 11.0 Å². The number of hydrogen-bond donors (Lipinski definition) is 2. The van der Waals surface area contributed by atoms with Gasteiger partial charge < -0.3 is 10.6 Å². The zero-order valence-corrected chi connectivity index (χ0v) is 9.39. The van der Waals surface area contributed by atoms with Gasteiger partial charge in [0.2, 0.25) is 0 Å². The summed E-state index contributed by atoms with van der Waals surface area (Å²) >= 11 is 1.62. The molecule has 0 aliphatic carbocycles. The normalized spacial score (nSPS) is 16.0. The summed E-state index contributed by atoms with van der Waals surface area (Å²) < 4.78 is 0. The highest BCUT2D eigenvalue weighted by Gasteiger charge is 2.16. The summed E-state index contributed by atoms with van der Waals surface area (Å²) in [4.78, 5) is 2.11. The molecule has 1 aromatic rings. The zero-order chi connectivity index (χ0) is 10.7. The first-order valence-corrected chi connectivity index (χ1v) is 6.05. The van der Waals surface area contributed by atoms with Crippen molar-refractivity contribution in [2.75, 3.05) is 24.6 Å². The Hall–Kier alpha value is -1.16. The lowest BCUT2D eigenvalue weighted by Gasteiger charge is -2.16. The lowest BCUT2D eigenvalue weighted by molar-refractivity contribution is 0.464. The van der Waals surface area contributed by atoms with E-state index < -0.39 is 0 Å². The van der Waals surface area contributed by atoms with Crippen LogP contribution in [0.3, 0.4) is 0 Å². The van der Waals surface area contributed by atoms with Gasteiger partial charge in [0.05, 0.1) is 0 Å². The molecule has 0 saturated carbocycles. The molecule has 2 rings (SSSR count). The van der Waals surface area contributed by atoms with Crippen molar-refractivity contribution in [3.8, 4) is 0 Å². The molecular weight excluding hydrogens is 206 g/mol. The van der Waals surface area contributed by atoms with Crippen molar-refractivity contribution in [1.29, 1.82) is 5.41 Å². The molecule has 1 heterocycles. The highest BCUT2D eigenvalue weighted by Crippen LogP contribution is 2.18. The second kappa shape index (κ2) is 4.57. The van der Waals surface area contributed by atoms with Crippen LogP contribution in [0.4, 0.5) is 5.69 Å². The fourth-order valence-electron chi connectivity index (χ4n) is 1.68. The quantitative estimate of drug-likeness (QED) is 0.765. The molecule has 0 aromatic heterocycles. The second-order valence-electron chi connectivity index (χ2n) is 3.59. The number of nitrogens with one attached hydrogen (secondary N) is 1. The lowest BCUT2D eigenvalue weighted by atomic mass is 10.1. The van der Waals surface area contributed by atoms with Crippen molar-refractivity contribution in [3.05, 3.63) is 29.8 Å². The van der Waals surface area contributed by atoms with Gasteiger partial charge in [-0.25, -0.2) is 0 Å². The zero-order valence-electron chi connectivity index (χ0n) is 8.57. The highest BCUT2D eigenvalue weighted by atomic mass is 32.2. The average Bonchev–Trinajstić information content (AvgIpc) is 2.63. The minimum atomic E-state index is 0.699. The Morgan fingerprint density at radius 1 is 1.40 bits per heavy atom. The van der Waals surface area contributed by atoms with Crippen LogP contribution < -0.4 is 5.73 Å². The second-order valence-corrected chi connectivity index (χ2v) is 4.67. The number of nitrogens with two attached hydrogens (primary N) is 1. The Morgan fingerprint density at radius 2 is 2.20 bits per heavy atom. The van der Waals surface area contributed by atoms with Gasteiger partial charge in [0.25, 0.3) is 0 Å². The topological polar surface area (TPSA) is 53.1 Å². The van der Waals surface area contributed by atoms with Gasteiger partial charge in [-0.2, -0.15) is 0 Å². The largest absolute Gasteiger partial charge is 0.399 e. The fourth-order valence-corrected chi connectivity index (χ4v) is 2.55. The number of anilines is 1. The first kappa shape index (κ1) is 10.4. The predicted octanol–water partition coefficient (Wildman–Crippen LogP) is 1.79. The molecular formula is C11H15N3S. The van der Waals surface area contributed by atoms with Gasteiger partial charge in [0.15, 0.2) is 5.17 Å². The van der Waals surface area contributed by atoms with E-state index >= 15 is 0 Å². The third kappa shape index (κ3) is 2.45. The van der Waals surface area contributed by atoms with E-state index in [1.54, 1.807) is 11.8 Å². The van der Waals surface area contributed by atoms with Crippen LogP contribution in [-0.2, 0) is 6.42 Å². The van der Waals surface area contributed by atoms with Crippen LogP contribution in [0.2, 0.25) is 0 Å². The first-order valence-electron chi connectivity index (χ1n) is 5.07. The van der Waals surface area contributed by atoms with Gasteiger partial charge in [-0.15, -0.1) is 0 Å². The molecule has 0 amide bonds. The highest BCUT2D eigenvalue weighted by molar-refractivity contribution is 8.14. The van der Waals surface area contributed by atoms with Crippen LogP contribution in [0.5, 0.6) is 0 Å². The van der Waals surface area contributed by atoms with E-state index in [9.17, 15) is 0 Å². The summed E-state index contributed by atoms with van der Waals surface area (Å²) in [6.45, 7) is 1.90. The predicted molar refractivity (Wildman–Crippen MR) is 66.3 cm³/mol. The number of para-hydroxylation sites is 1. The molecule has 80 valence electrons. The average molecular weight is 221 g/mol. The van der Waals surface area contributed by atoms with Crippen LogP contribution in [-0.4, -0.2) is 28.9 Å². The third-order valence-electron chi connectivity index (χ3n) is 2.59. The standard InChI is InChI=1S/C11H15N3S/c12-10-4-2-1-3-9(10)5-6-14-7-8-15-11(14)13/h1-4,13H,5-8,12H2. The van der Waals surface area contributed by atoms with Gasteiger partial charge in [0, 0.05) is 24.5 Å². The summed E-state index contributed by atoms with van der Waals surface area (Å²) in [7, 11) is 0. The maximum Gasteiger partial charge on any atom is 0.156 e. The van der Waals surface area contributed by atoms with Crippen LogP contribution in [0, 0.1) is 5.41 Å². The van der Waals surface area contributed by atoms with Gasteiger partial charge >= 0.3 is 0 Å². The minimum Gasteiger partial charge on any atom is -0.399 e. The Bertz CT molecular complexity index is 365. The van der Waals surface area contributed by atoms with E-state index in [1.807, 2.05) is 18.2 Å². The van der Waals surface area contributed by atoms with Crippen molar-refractivity contribution in [1.82, 2.24) is 4.90 Å². The molecule has 0 bridgehead atoms. The molecule has 1 aliphatic rings. The van der Waals surface area contributed by atoms with Crippen LogP contribution in [0.1, 0.15) is 5.56 Å². The maximum atomic E-state index is 7.68. The Kier molecular flexibility index (Phi) is 3.16. The molecule has 1 saturated heterocycles. The third-order valence-corrected chi connectivity index (χ3v) is 3.51. The number of hydrogen-bond acceptors (Lipinski definition) is 3. The molecule has 0 radical (unpaired) electrons. The number of thioether (sulfide) groups is 1. The van der Waals surface area contributed by atoms with Crippen molar-refractivity contribution in [2.24, 2.45) is 0 Å². The number of benzene rings is 1. The molecule has 15 heavy (non-hydrogen) atoms. The lowest BCUT2D eigenvalue weighted by Crippen LogP contribution is -2.26. The monoisotopic (exact) mass is 221 g/mol. The summed E-state index contributed by atoms with van der Waals surface area (Å²) in [5.74, 6) is 1.04. The minimum absolute atomic E-state index is 0.699. The van der Waals surface area contributed by atoms with Crippen molar-refractivity contribution in [3.63, 3.8) is 0 Å². The smallest absolute Gasteiger partial charge is 0.156 e. The summed E-state index contributed by atoms with van der Waals surface area (Å²) in [6.07, 6.45) is 0.926. The van der Waals surface area contributed by atoms with E-state index in [-0.39, 0.29) is 0 Å². The van der Waals surface area contributed by atoms with Crippen molar-refractivity contribution < 1.29 is 0 Å². The summed E-state index contributed by atoms with van der Waals surface area (Å²) in [5, 5.41) is 8.38. The molecule has 1 fully saturated rings. The molecule has 1 aromatic carbocycles. The molecule has 0 unspecified atom stereocenters. The first-order chi connectivity index (χ1) is 7.27. The fraction of sp³-hybridized carbons (Fsp3) is 0.364. The van der Waals surface area contributed by atoms with Gasteiger partial charge in [-0.05, 0) is 18.1 Å².